The van der Waals surface area contributed by atoms with Crippen molar-refractivity contribution in [3.05, 3.63) is 24.1 Å². The molecule has 2 atom stereocenters. The standard InChI is InChI=1S/C9H11FN2/c1-6-5-7(6)11-9-4-2-3-8(10)12-9/h2-4,6-7H,5H2,1H3,(H,11,12)/t6-,7-/m1/s1. The summed E-state index contributed by atoms with van der Waals surface area (Å²) in [6.45, 7) is 2.16. The third kappa shape index (κ3) is 1.55. The van der Waals surface area contributed by atoms with Crippen LogP contribution in [0.1, 0.15) is 13.3 Å². The SMILES string of the molecule is C[C@@H]1C[C@H]1Nc1cccc(F)n1. The highest BCUT2D eigenvalue weighted by Crippen LogP contribution is 2.31. The van der Waals surface area contributed by atoms with E-state index in [0.717, 1.165) is 6.42 Å². The van der Waals surface area contributed by atoms with Gasteiger partial charge in [0.25, 0.3) is 0 Å². The molecule has 1 N–H and O–H groups in total. The second kappa shape index (κ2) is 2.73. The minimum Gasteiger partial charge on any atom is -0.367 e. The van der Waals surface area contributed by atoms with Gasteiger partial charge in [-0.25, -0.2) is 4.98 Å². The minimum absolute atomic E-state index is 0.423. The lowest BCUT2D eigenvalue weighted by atomic mass is 10.4. The van der Waals surface area contributed by atoms with E-state index in [2.05, 4.69) is 17.2 Å². The monoisotopic (exact) mass is 166 g/mol. The molecule has 1 fully saturated rings. The first-order chi connectivity index (χ1) is 5.75. The van der Waals surface area contributed by atoms with E-state index in [-0.39, 0.29) is 0 Å². The molecule has 0 saturated heterocycles. The smallest absolute Gasteiger partial charge is 0.214 e. The van der Waals surface area contributed by atoms with Gasteiger partial charge in [0.15, 0.2) is 0 Å². The Morgan fingerprint density at radius 2 is 2.33 bits per heavy atom. The maximum Gasteiger partial charge on any atom is 0.214 e. The van der Waals surface area contributed by atoms with Crippen LogP contribution in [0.3, 0.4) is 0 Å². The number of nitrogens with zero attached hydrogens (tertiary/aromatic N) is 1. The molecule has 1 aliphatic rings. The number of hydrogen-bond acceptors (Lipinski definition) is 2. The average Bonchev–Trinajstić information content (AvgIpc) is 2.66. The van der Waals surface area contributed by atoms with Crippen molar-refractivity contribution in [2.75, 3.05) is 5.32 Å². The van der Waals surface area contributed by atoms with Gasteiger partial charge in [0.1, 0.15) is 5.82 Å². The molecule has 1 aliphatic carbocycles. The highest BCUT2D eigenvalue weighted by Gasteiger charge is 2.32. The van der Waals surface area contributed by atoms with E-state index in [1.165, 1.54) is 6.07 Å². The number of aromatic nitrogens is 1. The Labute approximate surface area is 70.8 Å². The minimum atomic E-state index is -0.423. The molecular formula is C9H11FN2. The second-order valence-corrected chi connectivity index (χ2v) is 3.31. The number of nitrogens with one attached hydrogen (secondary N) is 1. The highest BCUT2D eigenvalue weighted by atomic mass is 19.1. The van der Waals surface area contributed by atoms with Gasteiger partial charge in [-0.15, -0.1) is 0 Å². The summed E-state index contributed by atoms with van der Waals surface area (Å²) >= 11 is 0. The summed E-state index contributed by atoms with van der Waals surface area (Å²) in [6.07, 6.45) is 1.16. The van der Waals surface area contributed by atoms with Crippen molar-refractivity contribution in [2.45, 2.75) is 19.4 Å². The van der Waals surface area contributed by atoms with E-state index < -0.39 is 5.95 Å². The molecule has 1 heterocycles. The van der Waals surface area contributed by atoms with Crippen molar-refractivity contribution in [3.8, 4) is 0 Å². The van der Waals surface area contributed by atoms with E-state index in [0.29, 0.717) is 17.8 Å². The summed E-state index contributed by atoms with van der Waals surface area (Å²) in [6, 6.07) is 5.30. The molecule has 0 spiro atoms. The molecular weight excluding hydrogens is 155 g/mol. The molecule has 0 aliphatic heterocycles. The molecule has 0 amide bonds. The Balaban J connectivity index is 2.03. The lowest BCUT2D eigenvalue weighted by molar-refractivity contribution is 0.585. The Hall–Kier alpha value is -1.12. The zero-order chi connectivity index (χ0) is 8.55. The van der Waals surface area contributed by atoms with E-state index in [1.807, 2.05) is 0 Å². The largest absolute Gasteiger partial charge is 0.367 e. The van der Waals surface area contributed by atoms with Crippen LogP contribution in [-0.4, -0.2) is 11.0 Å². The van der Waals surface area contributed by atoms with Gasteiger partial charge >= 0.3 is 0 Å². The van der Waals surface area contributed by atoms with Gasteiger partial charge in [-0.3, -0.25) is 0 Å². The molecule has 1 aromatic heterocycles. The summed E-state index contributed by atoms with van der Waals surface area (Å²) in [5.74, 6) is 0.924. The molecule has 0 radical (unpaired) electrons. The van der Waals surface area contributed by atoms with Crippen LogP contribution in [0.15, 0.2) is 18.2 Å². The summed E-state index contributed by atoms with van der Waals surface area (Å²) in [7, 11) is 0. The van der Waals surface area contributed by atoms with Crippen LogP contribution >= 0.6 is 0 Å². The van der Waals surface area contributed by atoms with Crippen LogP contribution in [0.25, 0.3) is 0 Å². The molecule has 0 bridgehead atoms. The third-order valence-electron chi connectivity index (χ3n) is 2.16. The predicted octanol–water partition coefficient (Wildman–Crippen LogP) is 2.04. The van der Waals surface area contributed by atoms with Gasteiger partial charge in [0, 0.05) is 6.04 Å². The van der Waals surface area contributed by atoms with E-state index in [4.69, 9.17) is 0 Å². The van der Waals surface area contributed by atoms with E-state index >= 15 is 0 Å². The summed E-state index contributed by atoms with van der Waals surface area (Å²) in [4.78, 5) is 3.71. The molecule has 1 saturated carbocycles. The van der Waals surface area contributed by atoms with Gasteiger partial charge in [-0.2, -0.15) is 4.39 Å². The molecule has 12 heavy (non-hydrogen) atoms. The molecule has 1 aromatic rings. The third-order valence-corrected chi connectivity index (χ3v) is 2.16. The zero-order valence-electron chi connectivity index (χ0n) is 6.92. The van der Waals surface area contributed by atoms with Crippen molar-refractivity contribution in [2.24, 2.45) is 5.92 Å². The van der Waals surface area contributed by atoms with Crippen LogP contribution in [0.4, 0.5) is 10.2 Å². The lowest BCUT2D eigenvalue weighted by Gasteiger charge is -2.02. The van der Waals surface area contributed by atoms with Crippen molar-refractivity contribution in [1.29, 1.82) is 0 Å². The van der Waals surface area contributed by atoms with Gasteiger partial charge < -0.3 is 5.32 Å². The van der Waals surface area contributed by atoms with Crippen LogP contribution in [0, 0.1) is 11.9 Å². The van der Waals surface area contributed by atoms with Gasteiger partial charge in [-0.1, -0.05) is 13.0 Å². The first-order valence-corrected chi connectivity index (χ1v) is 4.15. The zero-order valence-corrected chi connectivity index (χ0v) is 6.92. The highest BCUT2D eigenvalue weighted by molar-refractivity contribution is 5.36. The molecule has 3 heteroatoms. The fraction of sp³-hybridized carbons (Fsp3) is 0.444. The van der Waals surface area contributed by atoms with Crippen LogP contribution < -0.4 is 5.32 Å². The Bertz CT molecular complexity index is 288. The maximum absolute atomic E-state index is 12.6. The summed E-state index contributed by atoms with van der Waals surface area (Å²) in [5.41, 5.74) is 0. The normalized spacial score (nSPS) is 26.8. The Morgan fingerprint density at radius 3 is 2.92 bits per heavy atom. The molecule has 0 aromatic carbocycles. The van der Waals surface area contributed by atoms with Gasteiger partial charge in [-0.05, 0) is 24.5 Å². The van der Waals surface area contributed by atoms with E-state index in [9.17, 15) is 4.39 Å². The quantitative estimate of drug-likeness (QED) is 0.680. The predicted molar refractivity (Wildman–Crippen MR) is 45.4 cm³/mol. The van der Waals surface area contributed by atoms with Gasteiger partial charge in [0.2, 0.25) is 5.95 Å². The Kier molecular flexibility index (Phi) is 1.71. The van der Waals surface area contributed by atoms with Crippen molar-refractivity contribution < 1.29 is 4.39 Å². The van der Waals surface area contributed by atoms with Crippen molar-refractivity contribution in [1.82, 2.24) is 4.98 Å². The van der Waals surface area contributed by atoms with Crippen LogP contribution in [0.2, 0.25) is 0 Å². The average molecular weight is 166 g/mol. The summed E-state index contributed by atoms with van der Waals surface area (Å²) in [5, 5.41) is 3.16. The first-order valence-electron chi connectivity index (χ1n) is 4.15. The number of halogens is 1. The second-order valence-electron chi connectivity index (χ2n) is 3.31. The van der Waals surface area contributed by atoms with Crippen molar-refractivity contribution >= 4 is 5.82 Å². The molecule has 0 unspecified atom stereocenters. The first kappa shape index (κ1) is 7.53. The van der Waals surface area contributed by atoms with Crippen molar-refractivity contribution in [3.63, 3.8) is 0 Å². The number of pyridine rings is 1. The molecule has 64 valence electrons. The number of anilines is 1. The molecule has 2 nitrogen and oxygen atoms in total. The topological polar surface area (TPSA) is 24.9 Å². The fourth-order valence-corrected chi connectivity index (χ4v) is 1.20. The maximum atomic E-state index is 12.6. The number of rotatable bonds is 2. The van der Waals surface area contributed by atoms with Crippen LogP contribution in [-0.2, 0) is 0 Å². The fourth-order valence-electron chi connectivity index (χ4n) is 1.20. The van der Waals surface area contributed by atoms with Gasteiger partial charge in [0.05, 0.1) is 0 Å². The molecule has 2 rings (SSSR count). The summed E-state index contributed by atoms with van der Waals surface area (Å²) < 4.78 is 12.6. The lowest BCUT2D eigenvalue weighted by Crippen LogP contribution is -2.05. The number of hydrogen-bond donors (Lipinski definition) is 1. The van der Waals surface area contributed by atoms with Crippen LogP contribution in [0.5, 0.6) is 0 Å². The Morgan fingerprint density at radius 1 is 1.58 bits per heavy atom. The van der Waals surface area contributed by atoms with E-state index in [1.54, 1.807) is 12.1 Å².